The fourth-order valence-electron chi connectivity index (χ4n) is 3.65. The van der Waals surface area contributed by atoms with Crippen molar-refractivity contribution in [2.45, 2.75) is 12.3 Å². The van der Waals surface area contributed by atoms with Crippen LogP contribution in [0, 0.1) is 5.92 Å². The second-order valence-corrected chi connectivity index (χ2v) is 7.01. The fraction of sp³-hybridized carbons (Fsp3) is 0.304. The molecule has 1 aliphatic rings. The number of rotatable bonds is 6. The molecule has 3 rings (SSSR count). The summed E-state index contributed by atoms with van der Waals surface area (Å²) in [5, 5.41) is 2.88. The minimum absolute atomic E-state index is 0.0342. The normalized spacial score (nSPS) is 19.0. The van der Waals surface area contributed by atoms with Crippen molar-refractivity contribution in [3.05, 3.63) is 78.4 Å². The van der Waals surface area contributed by atoms with Gasteiger partial charge in [0.05, 0.1) is 13.0 Å². The van der Waals surface area contributed by atoms with Crippen LogP contribution in [-0.4, -0.2) is 43.5 Å². The zero-order valence-corrected chi connectivity index (χ0v) is 16.1. The van der Waals surface area contributed by atoms with Crippen molar-refractivity contribution in [3.63, 3.8) is 0 Å². The van der Waals surface area contributed by atoms with Crippen LogP contribution >= 0.6 is 0 Å². The standard InChI is InChI=1S/C23H26N2O3/c1-3-13-24-22(26)20-14-19(17-7-5-4-6-8-17)15-25(16-20)23(27)18-9-11-21(28-2)12-10-18/h3-12,19-20H,1,13-16H2,2H3,(H,24,26)/t19-,20-/m0/s1. The van der Waals surface area contributed by atoms with Gasteiger partial charge < -0.3 is 15.0 Å². The lowest BCUT2D eigenvalue weighted by Gasteiger charge is -2.37. The second kappa shape index (κ2) is 9.22. The van der Waals surface area contributed by atoms with Gasteiger partial charge in [0.15, 0.2) is 0 Å². The summed E-state index contributed by atoms with van der Waals surface area (Å²) in [4.78, 5) is 27.5. The first kappa shape index (κ1) is 19.7. The largest absolute Gasteiger partial charge is 0.497 e. The molecule has 0 spiro atoms. The quantitative estimate of drug-likeness (QED) is 0.785. The van der Waals surface area contributed by atoms with Crippen molar-refractivity contribution >= 4 is 11.8 Å². The van der Waals surface area contributed by atoms with Crippen molar-refractivity contribution < 1.29 is 14.3 Å². The van der Waals surface area contributed by atoms with Gasteiger partial charge in [-0.1, -0.05) is 36.4 Å². The molecule has 2 atom stereocenters. The molecule has 1 heterocycles. The van der Waals surface area contributed by atoms with Crippen LogP contribution in [0.1, 0.15) is 28.3 Å². The highest BCUT2D eigenvalue weighted by Gasteiger charge is 2.34. The maximum Gasteiger partial charge on any atom is 0.253 e. The average molecular weight is 378 g/mol. The number of hydrogen-bond acceptors (Lipinski definition) is 3. The molecular formula is C23H26N2O3. The van der Waals surface area contributed by atoms with Gasteiger partial charge in [-0.25, -0.2) is 0 Å². The van der Waals surface area contributed by atoms with Crippen LogP contribution in [0.4, 0.5) is 0 Å². The Morgan fingerprint density at radius 3 is 2.50 bits per heavy atom. The predicted octanol–water partition coefficient (Wildman–Crippen LogP) is 3.24. The molecule has 2 amide bonds. The van der Waals surface area contributed by atoms with Gasteiger partial charge in [-0.3, -0.25) is 9.59 Å². The fourth-order valence-corrected chi connectivity index (χ4v) is 3.65. The van der Waals surface area contributed by atoms with E-state index in [1.807, 2.05) is 18.2 Å². The first-order valence-electron chi connectivity index (χ1n) is 9.49. The molecule has 2 aromatic carbocycles. The highest BCUT2D eigenvalue weighted by Crippen LogP contribution is 2.31. The molecule has 0 aromatic heterocycles. The van der Waals surface area contributed by atoms with Gasteiger partial charge in [-0.05, 0) is 36.2 Å². The third-order valence-corrected chi connectivity index (χ3v) is 5.14. The van der Waals surface area contributed by atoms with Crippen LogP contribution < -0.4 is 10.1 Å². The molecule has 146 valence electrons. The minimum Gasteiger partial charge on any atom is -0.497 e. The van der Waals surface area contributed by atoms with Gasteiger partial charge in [0.2, 0.25) is 5.91 Å². The molecule has 1 fully saturated rings. The van der Waals surface area contributed by atoms with Crippen LogP contribution in [0.5, 0.6) is 5.75 Å². The Kier molecular flexibility index (Phi) is 6.48. The topological polar surface area (TPSA) is 58.6 Å². The summed E-state index contributed by atoms with van der Waals surface area (Å²) in [7, 11) is 1.60. The number of methoxy groups -OCH3 is 1. The van der Waals surface area contributed by atoms with Crippen LogP contribution in [0.3, 0.4) is 0 Å². The van der Waals surface area contributed by atoms with E-state index >= 15 is 0 Å². The van der Waals surface area contributed by atoms with Gasteiger partial charge in [-0.15, -0.1) is 6.58 Å². The number of nitrogens with zero attached hydrogens (tertiary/aromatic N) is 1. The molecular weight excluding hydrogens is 352 g/mol. The summed E-state index contributed by atoms with van der Waals surface area (Å²) >= 11 is 0. The van der Waals surface area contributed by atoms with Crippen molar-refractivity contribution in [3.8, 4) is 5.75 Å². The Hall–Kier alpha value is -3.08. The van der Waals surface area contributed by atoms with Crippen molar-refractivity contribution in [2.75, 3.05) is 26.7 Å². The summed E-state index contributed by atoms with van der Waals surface area (Å²) < 4.78 is 5.17. The zero-order chi connectivity index (χ0) is 19.9. The number of benzene rings is 2. The van der Waals surface area contributed by atoms with E-state index in [-0.39, 0.29) is 23.7 Å². The monoisotopic (exact) mass is 378 g/mol. The highest BCUT2D eigenvalue weighted by molar-refractivity contribution is 5.95. The first-order chi connectivity index (χ1) is 13.6. The molecule has 1 N–H and O–H groups in total. The third kappa shape index (κ3) is 4.60. The third-order valence-electron chi connectivity index (χ3n) is 5.14. The van der Waals surface area contributed by atoms with Crippen LogP contribution in [-0.2, 0) is 4.79 Å². The predicted molar refractivity (Wildman–Crippen MR) is 109 cm³/mol. The maximum absolute atomic E-state index is 13.1. The number of piperidine rings is 1. The Labute approximate surface area is 166 Å². The minimum atomic E-state index is -0.249. The Bertz CT molecular complexity index is 818. The number of nitrogens with one attached hydrogen (secondary N) is 1. The molecule has 0 saturated carbocycles. The van der Waals surface area contributed by atoms with E-state index in [0.717, 1.165) is 12.0 Å². The highest BCUT2D eigenvalue weighted by atomic mass is 16.5. The summed E-state index contributed by atoms with van der Waals surface area (Å²) in [6.07, 6.45) is 2.38. The molecule has 1 aliphatic heterocycles. The maximum atomic E-state index is 13.1. The van der Waals surface area contributed by atoms with E-state index in [9.17, 15) is 9.59 Å². The molecule has 5 nitrogen and oxygen atoms in total. The average Bonchev–Trinajstić information content (AvgIpc) is 2.77. The lowest BCUT2D eigenvalue weighted by Crippen LogP contribution is -2.48. The summed E-state index contributed by atoms with van der Waals surface area (Å²) in [5.74, 6) is 0.481. The lowest BCUT2D eigenvalue weighted by molar-refractivity contribution is -0.126. The van der Waals surface area contributed by atoms with Gasteiger partial charge >= 0.3 is 0 Å². The Morgan fingerprint density at radius 2 is 1.86 bits per heavy atom. The van der Waals surface area contributed by atoms with E-state index in [1.54, 1.807) is 42.4 Å². The smallest absolute Gasteiger partial charge is 0.253 e. The van der Waals surface area contributed by atoms with Crippen molar-refractivity contribution in [2.24, 2.45) is 5.92 Å². The first-order valence-corrected chi connectivity index (χ1v) is 9.49. The molecule has 0 unspecified atom stereocenters. The SMILES string of the molecule is C=CCNC(=O)[C@H]1C[C@H](c2ccccc2)CN(C(=O)c2ccc(OC)cc2)C1. The van der Waals surface area contributed by atoms with Gasteiger partial charge in [0.1, 0.15) is 5.75 Å². The number of amides is 2. The van der Waals surface area contributed by atoms with Gasteiger partial charge in [-0.2, -0.15) is 0 Å². The number of hydrogen-bond donors (Lipinski definition) is 1. The molecule has 0 bridgehead atoms. The molecule has 1 saturated heterocycles. The van der Waals surface area contributed by atoms with E-state index in [1.165, 1.54) is 0 Å². The lowest BCUT2D eigenvalue weighted by atomic mass is 9.83. The van der Waals surface area contributed by atoms with E-state index in [4.69, 9.17) is 4.74 Å². The van der Waals surface area contributed by atoms with Crippen molar-refractivity contribution in [1.82, 2.24) is 10.2 Å². The van der Waals surface area contributed by atoms with E-state index in [2.05, 4.69) is 24.0 Å². The number of likely N-dealkylation sites (tertiary alicyclic amines) is 1. The molecule has 5 heteroatoms. The molecule has 0 radical (unpaired) electrons. The van der Waals surface area contributed by atoms with Crippen LogP contribution in [0.15, 0.2) is 67.3 Å². The molecule has 2 aromatic rings. The second-order valence-electron chi connectivity index (χ2n) is 7.01. The number of carbonyl (C=O) groups excluding carboxylic acids is 2. The van der Waals surface area contributed by atoms with Gasteiger partial charge in [0, 0.05) is 31.1 Å². The van der Waals surface area contributed by atoms with E-state index < -0.39 is 0 Å². The summed E-state index contributed by atoms with van der Waals surface area (Å²) in [6, 6.07) is 17.2. The molecule has 0 aliphatic carbocycles. The van der Waals surface area contributed by atoms with Crippen LogP contribution in [0.2, 0.25) is 0 Å². The van der Waals surface area contributed by atoms with Crippen LogP contribution in [0.25, 0.3) is 0 Å². The Balaban J connectivity index is 1.82. The number of ether oxygens (including phenoxy) is 1. The van der Waals surface area contributed by atoms with Gasteiger partial charge in [0.25, 0.3) is 5.91 Å². The summed E-state index contributed by atoms with van der Waals surface area (Å²) in [5.41, 5.74) is 1.75. The van der Waals surface area contributed by atoms with E-state index in [0.29, 0.717) is 30.9 Å². The Morgan fingerprint density at radius 1 is 1.14 bits per heavy atom. The molecule has 28 heavy (non-hydrogen) atoms. The number of carbonyl (C=O) groups is 2. The zero-order valence-electron chi connectivity index (χ0n) is 16.1. The summed E-state index contributed by atoms with van der Waals surface area (Å²) in [6.45, 7) is 5.09. The van der Waals surface area contributed by atoms with Crippen molar-refractivity contribution in [1.29, 1.82) is 0 Å².